The van der Waals surface area contributed by atoms with Gasteiger partial charge < -0.3 is 14.5 Å². The van der Waals surface area contributed by atoms with Crippen LogP contribution in [0.3, 0.4) is 0 Å². The molecule has 0 radical (unpaired) electrons. The van der Waals surface area contributed by atoms with Gasteiger partial charge in [-0.05, 0) is 31.7 Å². The van der Waals surface area contributed by atoms with Gasteiger partial charge in [0, 0.05) is 32.3 Å². The Morgan fingerprint density at radius 3 is 2.71 bits per heavy atom. The molecule has 3 rings (SSSR count). The zero-order valence-corrected chi connectivity index (χ0v) is 13.7. The summed E-state index contributed by atoms with van der Waals surface area (Å²) in [5.41, 5.74) is 0.523. The Bertz CT molecular complexity index is 595. The van der Waals surface area contributed by atoms with E-state index in [1.54, 1.807) is 18.2 Å². The third-order valence-corrected chi connectivity index (χ3v) is 4.65. The number of carbonyl (C=O) groups is 1. The molecule has 2 aliphatic rings. The number of carbonyl (C=O) groups excluding carboxylic acids is 1. The summed E-state index contributed by atoms with van der Waals surface area (Å²) in [6.07, 6.45) is 4.01. The number of likely N-dealkylation sites (tertiary alicyclic amines) is 1. The van der Waals surface area contributed by atoms with E-state index in [0.717, 1.165) is 45.4 Å². The Labute approximate surface area is 141 Å². The molecule has 2 heterocycles. The van der Waals surface area contributed by atoms with Crippen LogP contribution in [0.1, 0.15) is 25.7 Å². The number of nitro groups is 1. The second-order valence-corrected chi connectivity index (χ2v) is 6.35. The number of benzene rings is 1. The van der Waals surface area contributed by atoms with Crippen LogP contribution in [-0.4, -0.2) is 54.6 Å². The van der Waals surface area contributed by atoms with E-state index in [0.29, 0.717) is 12.2 Å². The standard InChI is InChI=1S/C17H23N3O4/c21-17(18-9-3-4-10-18)13-19(12-14-6-5-11-24-14)15-7-1-2-8-16(15)20(22)23/h1-2,7-8,14H,3-6,9-13H2/t14-/m1/s1. The summed E-state index contributed by atoms with van der Waals surface area (Å²) >= 11 is 0. The third-order valence-electron chi connectivity index (χ3n) is 4.65. The van der Waals surface area contributed by atoms with Gasteiger partial charge in [-0.3, -0.25) is 14.9 Å². The minimum absolute atomic E-state index is 0.0242. The lowest BCUT2D eigenvalue weighted by molar-refractivity contribution is -0.384. The van der Waals surface area contributed by atoms with E-state index < -0.39 is 4.92 Å². The predicted octanol–water partition coefficient (Wildman–Crippen LogP) is 2.20. The van der Waals surface area contributed by atoms with Crippen LogP contribution in [0.5, 0.6) is 0 Å². The Balaban J connectivity index is 1.81. The number of ether oxygens (including phenoxy) is 1. The Morgan fingerprint density at radius 2 is 2.04 bits per heavy atom. The molecule has 7 nitrogen and oxygen atoms in total. The molecule has 2 fully saturated rings. The molecule has 0 aromatic heterocycles. The maximum atomic E-state index is 12.6. The highest BCUT2D eigenvalue weighted by Gasteiger charge is 2.28. The predicted molar refractivity (Wildman–Crippen MR) is 90.1 cm³/mol. The Kier molecular flexibility index (Phi) is 5.30. The van der Waals surface area contributed by atoms with Crippen LogP contribution in [0, 0.1) is 10.1 Å². The van der Waals surface area contributed by atoms with Gasteiger partial charge >= 0.3 is 0 Å². The molecular weight excluding hydrogens is 310 g/mol. The van der Waals surface area contributed by atoms with Crippen molar-refractivity contribution in [3.63, 3.8) is 0 Å². The van der Waals surface area contributed by atoms with Crippen LogP contribution >= 0.6 is 0 Å². The lowest BCUT2D eigenvalue weighted by Gasteiger charge is -2.28. The molecule has 7 heteroatoms. The Morgan fingerprint density at radius 1 is 1.29 bits per heavy atom. The molecule has 0 unspecified atom stereocenters. The fraction of sp³-hybridized carbons (Fsp3) is 0.588. The van der Waals surface area contributed by atoms with E-state index >= 15 is 0 Å². The van der Waals surface area contributed by atoms with Crippen molar-refractivity contribution >= 4 is 17.3 Å². The molecule has 2 saturated heterocycles. The van der Waals surface area contributed by atoms with E-state index in [1.165, 1.54) is 6.07 Å². The molecule has 0 saturated carbocycles. The molecule has 0 aliphatic carbocycles. The van der Waals surface area contributed by atoms with Gasteiger partial charge in [0.2, 0.25) is 5.91 Å². The smallest absolute Gasteiger partial charge is 0.292 e. The van der Waals surface area contributed by atoms with Crippen molar-refractivity contribution in [3.05, 3.63) is 34.4 Å². The summed E-state index contributed by atoms with van der Waals surface area (Å²) in [6, 6.07) is 6.61. The highest BCUT2D eigenvalue weighted by Crippen LogP contribution is 2.29. The number of amides is 1. The van der Waals surface area contributed by atoms with Crippen LogP contribution < -0.4 is 4.90 Å². The molecule has 2 aliphatic heterocycles. The van der Waals surface area contributed by atoms with E-state index in [1.807, 2.05) is 9.80 Å². The van der Waals surface area contributed by atoms with Gasteiger partial charge in [0.25, 0.3) is 5.69 Å². The van der Waals surface area contributed by atoms with Crippen LogP contribution in [0.4, 0.5) is 11.4 Å². The number of rotatable bonds is 6. The van der Waals surface area contributed by atoms with Gasteiger partial charge in [-0.15, -0.1) is 0 Å². The molecule has 1 atom stereocenters. The normalized spacial score (nSPS) is 20.3. The zero-order valence-electron chi connectivity index (χ0n) is 13.7. The minimum atomic E-state index is -0.391. The summed E-state index contributed by atoms with van der Waals surface area (Å²) in [6.45, 7) is 2.94. The van der Waals surface area contributed by atoms with Crippen molar-refractivity contribution in [2.24, 2.45) is 0 Å². The fourth-order valence-corrected chi connectivity index (χ4v) is 3.40. The van der Waals surface area contributed by atoms with Gasteiger partial charge in [0.05, 0.1) is 17.6 Å². The van der Waals surface area contributed by atoms with E-state index in [4.69, 9.17) is 4.74 Å². The summed E-state index contributed by atoms with van der Waals surface area (Å²) in [5, 5.41) is 11.4. The monoisotopic (exact) mass is 333 g/mol. The van der Waals surface area contributed by atoms with Crippen LogP contribution in [0.15, 0.2) is 24.3 Å². The molecule has 1 aromatic rings. The van der Waals surface area contributed by atoms with Crippen LogP contribution in [0.2, 0.25) is 0 Å². The topological polar surface area (TPSA) is 75.9 Å². The zero-order chi connectivity index (χ0) is 16.9. The van der Waals surface area contributed by atoms with Crippen LogP contribution in [0.25, 0.3) is 0 Å². The van der Waals surface area contributed by atoms with Crippen molar-refractivity contribution in [2.45, 2.75) is 31.8 Å². The van der Waals surface area contributed by atoms with Crippen LogP contribution in [-0.2, 0) is 9.53 Å². The quantitative estimate of drug-likeness (QED) is 0.589. The average molecular weight is 333 g/mol. The van der Waals surface area contributed by atoms with E-state index in [-0.39, 0.29) is 24.2 Å². The molecule has 130 valence electrons. The molecule has 0 bridgehead atoms. The number of hydrogen-bond donors (Lipinski definition) is 0. The largest absolute Gasteiger partial charge is 0.376 e. The molecule has 1 aromatic carbocycles. The Hall–Kier alpha value is -2.15. The highest BCUT2D eigenvalue weighted by molar-refractivity contribution is 5.83. The number of nitrogens with zero attached hydrogens (tertiary/aromatic N) is 3. The third kappa shape index (κ3) is 3.84. The fourth-order valence-electron chi connectivity index (χ4n) is 3.40. The van der Waals surface area contributed by atoms with Gasteiger partial charge in [0.1, 0.15) is 5.69 Å². The summed E-state index contributed by atoms with van der Waals surface area (Å²) in [4.78, 5) is 27.2. The molecule has 24 heavy (non-hydrogen) atoms. The number of para-hydroxylation sites is 2. The maximum absolute atomic E-state index is 12.6. The molecule has 1 amide bonds. The number of hydrogen-bond acceptors (Lipinski definition) is 5. The van der Waals surface area contributed by atoms with Crippen molar-refractivity contribution < 1.29 is 14.5 Å². The SMILES string of the molecule is O=C(CN(C[C@H]1CCCO1)c1ccccc1[N+](=O)[O-])N1CCCC1. The molecule has 0 spiro atoms. The lowest BCUT2D eigenvalue weighted by atomic mass is 10.2. The van der Waals surface area contributed by atoms with Gasteiger partial charge in [-0.2, -0.15) is 0 Å². The van der Waals surface area contributed by atoms with Crippen molar-refractivity contribution in [1.82, 2.24) is 4.90 Å². The first-order valence-electron chi connectivity index (χ1n) is 8.53. The van der Waals surface area contributed by atoms with Gasteiger partial charge in [-0.25, -0.2) is 0 Å². The summed E-state index contributed by atoms with van der Waals surface area (Å²) in [7, 11) is 0. The number of anilines is 1. The lowest BCUT2D eigenvalue weighted by Crippen LogP contribution is -2.42. The molecule has 0 N–H and O–H groups in total. The van der Waals surface area contributed by atoms with E-state index in [2.05, 4.69) is 0 Å². The summed E-state index contributed by atoms with van der Waals surface area (Å²) in [5.74, 6) is 0.0312. The van der Waals surface area contributed by atoms with Crippen molar-refractivity contribution in [2.75, 3.05) is 37.7 Å². The minimum Gasteiger partial charge on any atom is -0.376 e. The highest BCUT2D eigenvalue weighted by atomic mass is 16.6. The van der Waals surface area contributed by atoms with E-state index in [9.17, 15) is 14.9 Å². The first-order chi connectivity index (χ1) is 11.6. The first kappa shape index (κ1) is 16.7. The van der Waals surface area contributed by atoms with Crippen molar-refractivity contribution in [1.29, 1.82) is 0 Å². The van der Waals surface area contributed by atoms with Crippen molar-refractivity contribution in [3.8, 4) is 0 Å². The second-order valence-electron chi connectivity index (χ2n) is 6.35. The van der Waals surface area contributed by atoms with Gasteiger partial charge in [-0.1, -0.05) is 12.1 Å². The second kappa shape index (κ2) is 7.61. The van der Waals surface area contributed by atoms with Gasteiger partial charge in [0.15, 0.2) is 0 Å². The number of nitro benzene ring substituents is 1. The summed E-state index contributed by atoms with van der Waals surface area (Å²) < 4.78 is 5.68. The maximum Gasteiger partial charge on any atom is 0.292 e. The first-order valence-corrected chi connectivity index (χ1v) is 8.53. The molecular formula is C17H23N3O4. The average Bonchev–Trinajstić information content (AvgIpc) is 3.27.